The highest BCUT2D eigenvalue weighted by molar-refractivity contribution is 6.29. The fraction of sp³-hybridized carbons (Fsp3) is 0.231. The molecule has 1 heterocycles. The van der Waals surface area contributed by atoms with Gasteiger partial charge < -0.3 is 10.1 Å². The van der Waals surface area contributed by atoms with Crippen LogP contribution in [0.5, 0.6) is 0 Å². The molecule has 0 fully saturated rings. The fourth-order valence-corrected chi connectivity index (χ4v) is 1.82. The number of hydrogen-bond donors (Lipinski definition) is 1. The van der Waals surface area contributed by atoms with Gasteiger partial charge >= 0.3 is 6.18 Å². The highest BCUT2D eigenvalue weighted by Gasteiger charge is 2.29. The van der Waals surface area contributed by atoms with Gasteiger partial charge in [-0.05, 0) is 30.3 Å². The van der Waals surface area contributed by atoms with Gasteiger partial charge in [-0.2, -0.15) is 13.2 Å². The van der Waals surface area contributed by atoms with Crippen molar-refractivity contribution in [1.82, 2.24) is 9.97 Å². The maximum atomic E-state index is 12.5. The van der Waals surface area contributed by atoms with Crippen molar-refractivity contribution >= 4 is 23.2 Å². The number of hydrogen-bond acceptors (Lipinski definition) is 4. The monoisotopic (exact) mass is 317 g/mol. The van der Waals surface area contributed by atoms with E-state index < -0.39 is 11.7 Å². The predicted octanol–water partition coefficient (Wildman–Crippen LogP) is 4.04. The fourth-order valence-electron chi connectivity index (χ4n) is 1.61. The topological polar surface area (TPSA) is 47.0 Å². The lowest BCUT2D eigenvalue weighted by atomic mass is 10.2. The molecule has 2 rings (SSSR count). The van der Waals surface area contributed by atoms with Crippen molar-refractivity contribution in [3.05, 3.63) is 46.7 Å². The molecule has 0 amide bonds. The van der Waals surface area contributed by atoms with Gasteiger partial charge in [0.25, 0.3) is 0 Å². The average molecular weight is 318 g/mol. The maximum Gasteiger partial charge on any atom is 0.416 e. The molecule has 0 spiro atoms. The van der Waals surface area contributed by atoms with Crippen LogP contribution >= 0.6 is 11.6 Å². The standard InChI is InChI=1S/C13H11ClF3N3O/c1-21-7-10-6-11(14)20-12(19-10)18-9-4-2-8(3-5-9)13(15,16)17/h2-6H,7H2,1H3,(H,18,19,20). The van der Waals surface area contributed by atoms with Crippen molar-refractivity contribution in [3.63, 3.8) is 0 Å². The lowest BCUT2D eigenvalue weighted by Crippen LogP contribution is -2.05. The zero-order chi connectivity index (χ0) is 15.5. The van der Waals surface area contributed by atoms with E-state index in [1.54, 1.807) is 6.07 Å². The summed E-state index contributed by atoms with van der Waals surface area (Å²) in [7, 11) is 1.51. The number of methoxy groups -OCH3 is 1. The second-order valence-corrected chi connectivity index (χ2v) is 4.53. The first-order valence-corrected chi connectivity index (χ1v) is 6.23. The molecule has 112 valence electrons. The van der Waals surface area contributed by atoms with Gasteiger partial charge in [-0.25, -0.2) is 9.97 Å². The molecule has 1 aromatic heterocycles. The molecular weight excluding hydrogens is 307 g/mol. The molecule has 0 aliphatic rings. The average Bonchev–Trinajstić information content (AvgIpc) is 2.38. The number of anilines is 2. The third-order valence-corrected chi connectivity index (χ3v) is 2.70. The number of nitrogens with zero attached hydrogens (tertiary/aromatic N) is 2. The quantitative estimate of drug-likeness (QED) is 0.865. The van der Waals surface area contributed by atoms with Gasteiger partial charge in [-0.3, -0.25) is 0 Å². The largest absolute Gasteiger partial charge is 0.416 e. The van der Waals surface area contributed by atoms with Gasteiger partial charge in [-0.15, -0.1) is 0 Å². The van der Waals surface area contributed by atoms with Crippen LogP contribution in [0.25, 0.3) is 0 Å². The van der Waals surface area contributed by atoms with Crippen LogP contribution in [-0.4, -0.2) is 17.1 Å². The molecule has 4 nitrogen and oxygen atoms in total. The Labute approximate surface area is 123 Å². The predicted molar refractivity (Wildman–Crippen MR) is 72.5 cm³/mol. The highest BCUT2D eigenvalue weighted by Crippen LogP contribution is 2.30. The van der Waals surface area contributed by atoms with Gasteiger partial charge in [0.1, 0.15) is 5.15 Å². The first kappa shape index (κ1) is 15.5. The van der Waals surface area contributed by atoms with Gasteiger partial charge in [0.15, 0.2) is 0 Å². The molecule has 1 aromatic carbocycles. The zero-order valence-corrected chi connectivity index (χ0v) is 11.7. The maximum absolute atomic E-state index is 12.5. The van der Waals surface area contributed by atoms with Crippen LogP contribution in [0.3, 0.4) is 0 Å². The lowest BCUT2D eigenvalue weighted by Gasteiger charge is -2.09. The third kappa shape index (κ3) is 4.30. The summed E-state index contributed by atoms with van der Waals surface area (Å²) in [6.45, 7) is 0.254. The van der Waals surface area contributed by atoms with E-state index in [9.17, 15) is 13.2 Å². The van der Waals surface area contributed by atoms with Crippen molar-refractivity contribution < 1.29 is 17.9 Å². The molecule has 0 bridgehead atoms. The Hall–Kier alpha value is -1.86. The second kappa shape index (κ2) is 6.28. The molecule has 0 saturated heterocycles. The van der Waals surface area contributed by atoms with E-state index in [1.807, 2.05) is 0 Å². The second-order valence-electron chi connectivity index (χ2n) is 4.14. The Morgan fingerprint density at radius 3 is 2.43 bits per heavy atom. The highest BCUT2D eigenvalue weighted by atomic mass is 35.5. The Morgan fingerprint density at radius 1 is 1.19 bits per heavy atom. The molecule has 1 N–H and O–H groups in total. The minimum atomic E-state index is -4.36. The lowest BCUT2D eigenvalue weighted by molar-refractivity contribution is -0.137. The number of benzene rings is 1. The van der Waals surface area contributed by atoms with E-state index >= 15 is 0 Å². The van der Waals surface area contributed by atoms with Gasteiger partial charge in [0.05, 0.1) is 17.9 Å². The molecule has 0 saturated carbocycles. The molecule has 0 aliphatic carbocycles. The molecule has 2 aromatic rings. The number of ether oxygens (including phenoxy) is 1. The molecule has 21 heavy (non-hydrogen) atoms. The van der Waals surface area contributed by atoms with E-state index in [4.69, 9.17) is 16.3 Å². The van der Waals surface area contributed by atoms with Crippen molar-refractivity contribution in [2.45, 2.75) is 12.8 Å². The first-order valence-electron chi connectivity index (χ1n) is 5.85. The van der Waals surface area contributed by atoms with Crippen molar-refractivity contribution in [2.75, 3.05) is 12.4 Å². The van der Waals surface area contributed by atoms with Gasteiger partial charge in [-0.1, -0.05) is 11.6 Å². The third-order valence-electron chi connectivity index (χ3n) is 2.51. The van der Waals surface area contributed by atoms with Crippen LogP contribution in [0.4, 0.5) is 24.8 Å². The van der Waals surface area contributed by atoms with Crippen molar-refractivity contribution in [2.24, 2.45) is 0 Å². The summed E-state index contributed by atoms with van der Waals surface area (Å²) in [5.41, 5.74) is 0.265. The van der Waals surface area contributed by atoms with E-state index in [0.717, 1.165) is 12.1 Å². The minimum absolute atomic E-state index is 0.189. The summed E-state index contributed by atoms with van der Waals surface area (Å²) in [6, 6.07) is 6.08. The Balaban J connectivity index is 2.18. The van der Waals surface area contributed by atoms with Crippen LogP contribution in [-0.2, 0) is 17.5 Å². The van der Waals surface area contributed by atoms with E-state index in [1.165, 1.54) is 19.2 Å². The summed E-state index contributed by atoms with van der Waals surface area (Å²) in [4.78, 5) is 8.08. The SMILES string of the molecule is COCc1cc(Cl)nc(Nc2ccc(C(F)(F)F)cc2)n1. The smallest absolute Gasteiger partial charge is 0.378 e. The first-order chi connectivity index (χ1) is 9.88. The van der Waals surface area contributed by atoms with E-state index in [2.05, 4.69) is 15.3 Å². The molecule has 0 radical (unpaired) electrons. The van der Waals surface area contributed by atoms with Crippen molar-refractivity contribution in [3.8, 4) is 0 Å². The van der Waals surface area contributed by atoms with E-state index in [-0.39, 0.29) is 17.7 Å². The molecule has 8 heteroatoms. The summed E-state index contributed by atoms with van der Waals surface area (Å²) in [5.74, 6) is 0.189. The summed E-state index contributed by atoms with van der Waals surface area (Å²) >= 11 is 5.84. The van der Waals surface area contributed by atoms with Crippen LogP contribution in [0.15, 0.2) is 30.3 Å². The van der Waals surface area contributed by atoms with Crippen LogP contribution in [0.2, 0.25) is 5.15 Å². The van der Waals surface area contributed by atoms with Gasteiger partial charge in [0, 0.05) is 12.8 Å². The van der Waals surface area contributed by atoms with Gasteiger partial charge in [0.2, 0.25) is 5.95 Å². The van der Waals surface area contributed by atoms with E-state index in [0.29, 0.717) is 11.4 Å². The Bertz CT molecular complexity index is 617. The summed E-state index contributed by atoms with van der Waals surface area (Å²) in [6.07, 6.45) is -4.36. The molecule has 0 atom stereocenters. The Kier molecular flexibility index (Phi) is 4.64. The van der Waals surface area contributed by atoms with Crippen LogP contribution < -0.4 is 5.32 Å². The minimum Gasteiger partial charge on any atom is -0.378 e. The summed E-state index contributed by atoms with van der Waals surface area (Å²) < 4.78 is 42.3. The number of rotatable bonds is 4. The molecule has 0 unspecified atom stereocenters. The number of alkyl halides is 3. The number of halogens is 4. The molecule has 0 aliphatic heterocycles. The normalized spacial score (nSPS) is 11.5. The Morgan fingerprint density at radius 2 is 1.86 bits per heavy atom. The van der Waals surface area contributed by atoms with Crippen LogP contribution in [0.1, 0.15) is 11.3 Å². The van der Waals surface area contributed by atoms with Crippen molar-refractivity contribution in [1.29, 1.82) is 0 Å². The van der Waals surface area contributed by atoms with Crippen LogP contribution in [0, 0.1) is 0 Å². The number of aromatic nitrogens is 2. The summed E-state index contributed by atoms with van der Waals surface area (Å²) in [5, 5.41) is 3.01. The zero-order valence-electron chi connectivity index (χ0n) is 10.9. The number of nitrogens with one attached hydrogen (secondary N) is 1. The molecular formula is C13H11ClF3N3O.